The third-order valence-corrected chi connectivity index (χ3v) is 5.78. The van der Waals surface area contributed by atoms with Crippen LogP contribution < -0.4 is 14.2 Å². The molecular weight excluding hydrogens is 464 g/mol. The predicted octanol–water partition coefficient (Wildman–Crippen LogP) is 3.38. The molecule has 10 nitrogen and oxygen atoms in total. The monoisotopic (exact) mass is 492 g/mol. The molecule has 0 radical (unpaired) electrons. The van der Waals surface area contributed by atoms with E-state index in [1.54, 1.807) is 45.6 Å². The van der Waals surface area contributed by atoms with Gasteiger partial charge in [0.2, 0.25) is 17.6 Å². The molecule has 2 amide bonds. The first-order valence-electron chi connectivity index (χ1n) is 11.5. The Kier molecular flexibility index (Phi) is 7.84. The highest BCUT2D eigenvalue weighted by atomic mass is 16.5. The summed E-state index contributed by atoms with van der Waals surface area (Å²) >= 11 is 0. The maximum atomic E-state index is 12.9. The average Bonchev–Trinajstić information content (AvgIpc) is 3.60. The van der Waals surface area contributed by atoms with Gasteiger partial charge in [-0.25, -0.2) is 5.01 Å². The molecule has 1 aromatic heterocycles. The smallest absolute Gasteiger partial charge is 0.265 e. The highest BCUT2D eigenvalue weighted by Crippen LogP contribution is 2.25. The molecule has 0 atom stereocenters. The van der Waals surface area contributed by atoms with Crippen LogP contribution in [-0.4, -0.2) is 66.4 Å². The van der Waals surface area contributed by atoms with Gasteiger partial charge in [-0.05, 0) is 55.0 Å². The number of methoxy groups -OCH3 is 3. The molecule has 36 heavy (non-hydrogen) atoms. The molecule has 1 aliphatic rings. The number of ether oxygens (including phenoxy) is 3. The van der Waals surface area contributed by atoms with E-state index in [1.165, 1.54) is 16.1 Å². The average molecular weight is 493 g/mol. The van der Waals surface area contributed by atoms with Crippen molar-refractivity contribution in [3.05, 3.63) is 60.0 Å². The number of rotatable bonds is 9. The Balaban J connectivity index is 1.36. The first kappa shape index (κ1) is 24.8. The topological polar surface area (TPSA) is 107 Å². The zero-order chi connectivity index (χ0) is 25.5. The van der Waals surface area contributed by atoms with Crippen LogP contribution in [0.3, 0.4) is 0 Å². The number of carbonyl (C=O) groups excluding carboxylic acids is 2. The number of carbonyl (C=O) groups is 2. The fraction of sp³-hybridized carbons (Fsp3) is 0.308. The zero-order valence-corrected chi connectivity index (χ0v) is 20.5. The largest absolute Gasteiger partial charge is 0.497 e. The molecule has 0 aliphatic carbocycles. The molecule has 4 rings (SSSR count). The molecule has 3 aromatic rings. The van der Waals surface area contributed by atoms with Crippen molar-refractivity contribution in [1.29, 1.82) is 0 Å². The highest BCUT2D eigenvalue weighted by molar-refractivity contribution is 5.94. The van der Waals surface area contributed by atoms with E-state index in [1.807, 2.05) is 24.3 Å². The van der Waals surface area contributed by atoms with Crippen LogP contribution in [0.15, 0.2) is 53.1 Å². The molecular formula is C26H28N4O6. The lowest BCUT2D eigenvalue weighted by Crippen LogP contribution is -2.44. The van der Waals surface area contributed by atoms with Gasteiger partial charge in [-0.15, -0.1) is 0 Å². The van der Waals surface area contributed by atoms with Crippen LogP contribution >= 0.6 is 0 Å². The molecule has 0 unspecified atom stereocenters. The lowest BCUT2D eigenvalue weighted by atomic mass is 10.1. The summed E-state index contributed by atoms with van der Waals surface area (Å²) in [5.74, 6) is 2.32. The van der Waals surface area contributed by atoms with E-state index in [4.69, 9.17) is 18.7 Å². The van der Waals surface area contributed by atoms with Crippen molar-refractivity contribution >= 4 is 17.9 Å². The second-order valence-corrected chi connectivity index (χ2v) is 8.01. The molecule has 0 spiro atoms. The van der Waals surface area contributed by atoms with E-state index in [9.17, 15) is 9.59 Å². The summed E-state index contributed by atoms with van der Waals surface area (Å²) in [5.41, 5.74) is 1.49. The summed E-state index contributed by atoms with van der Waals surface area (Å²) in [5, 5.41) is 6.94. The van der Waals surface area contributed by atoms with E-state index in [-0.39, 0.29) is 24.7 Å². The summed E-state index contributed by atoms with van der Waals surface area (Å²) in [6.45, 7) is 0.939. The quantitative estimate of drug-likeness (QED) is 0.419. The van der Waals surface area contributed by atoms with Gasteiger partial charge in [0, 0.05) is 43.1 Å². The van der Waals surface area contributed by atoms with Crippen molar-refractivity contribution in [3.8, 4) is 28.6 Å². The molecule has 1 aliphatic heterocycles. The number of hydrogen-bond donors (Lipinski definition) is 0. The fourth-order valence-corrected chi connectivity index (χ4v) is 3.87. The standard InChI is InChI=1S/C26H28N4O6/c1-33-20-8-5-18(6-9-20)26-27-23(36-28-26)12-14-25(32)30-16-4-15-29(30)24(31)13-7-19-17-21(34-2)10-11-22(19)35-3/h5-11,13,17H,4,12,14-16H2,1-3H3/b13-7+. The number of aryl methyl sites for hydroxylation is 1. The van der Waals surface area contributed by atoms with Gasteiger partial charge in [0.25, 0.3) is 5.91 Å². The van der Waals surface area contributed by atoms with Gasteiger partial charge in [0.1, 0.15) is 17.2 Å². The van der Waals surface area contributed by atoms with E-state index in [0.717, 1.165) is 11.3 Å². The van der Waals surface area contributed by atoms with Crippen molar-refractivity contribution in [2.45, 2.75) is 19.3 Å². The Bertz CT molecular complexity index is 1240. The van der Waals surface area contributed by atoms with Crippen molar-refractivity contribution in [2.75, 3.05) is 34.4 Å². The molecule has 188 valence electrons. The number of aromatic nitrogens is 2. The Morgan fingerprint density at radius 2 is 1.69 bits per heavy atom. The Morgan fingerprint density at radius 1 is 0.972 bits per heavy atom. The number of nitrogens with zero attached hydrogens (tertiary/aromatic N) is 4. The summed E-state index contributed by atoms with van der Waals surface area (Å²) < 4.78 is 21.1. The molecule has 2 heterocycles. The zero-order valence-electron chi connectivity index (χ0n) is 20.5. The van der Waals surface area contributed by atoms with Crippen LogP contribution in [-0.2, 0) is 16.0 Å². The molecule has 1 saturated heterocycles. The van der Waals surface area contributed by atoms with Crippen LogP contribution in [0.2, 0.25) is 0 Å². The van der Waals surface area contributed by atoms with Gasteiger partial charge in [0.15, 0.2) is 0 Å². The minimum absolute atomic E-state index is 0.140. The Labute approximate surface area is 209 Å². The molecule has 2 aromatic carbocycles. The van der Waals surface area contributed by atoms with Gasteiger partial charge in [-0.3, -0.25) is 14.6 Å². The number of hydrogen-bond acceptors (Lipinski definition) is 8. The molecule has 10 heteroatoms. The lowest BCUT2D eigenvalue weighted by molar-refractivity contribution is -0.154. The highest BCUT2D eigenvalue weighted by Gasteiger charge is 2.29. The fourth-order valence-electron chi connectivity index (χ4n) is 3.87. The molecule has 1 fully saturated rings. The van der Waals surface area contributed by atoms with Crippen molar-refractivity contribution in [2.24, 2.45) is 0 Å². The van der Waals surface area contributed by atoms with Gasteiger partial charge >= 0.3 is 0 Å². The maximum Gasteiger partial charge on any atom is 0.265 e. The van der Waals surface area contributed by atoms with Crippen molar-refractivity contribution < 1.29 is 28.3 Å². The third-order valence-electron chi connectivity index (χ3n) is 5.78. The van der Waals surface area contributed by atoms with Crippen LogP contribution in [0.25, 0.3) is 17.5 Å². The summed E-state index contributed by atoms with van der Waals surface area (Å²) in [7, 11) is 4.73. The van der Waals surface area contributed by atoms with E-state index >= 15 is 0 Å². The first-order chi connectivity index (χ1) is 17.5. The summed E-state index contributed by atoms with van der Waals surface area (Å²) in [6.07, 6.45) is 4.21. The minimum atomic E-state index is -0.287. The summed E-state index contributed by atoms with van der Waals surface area (Å²) in [6, 6.07) is 12.6. The van der Waals surface area contributed by atoms with Crippen LogP contribution in [0.5, 0.6) is 17.2 Å². The van der Waals surface area contributed by atoms with Crippen LogP contribution in [0, 0.1) is 0 Å². The minimum Gasteiger partial charge on any atom is -0.497 e. The van der Waals surface area contributed by atoms with E-state index in [2.05, 4.69) is 10.1 Å². The van der Waals surface area contributed by atoms with Gasteiger partial charge in [-0.2, -0.15) is 4.98 Å². The second-order valence-electron chi connectivity index (χ2n) is 8.01. The molecule has 0 N–H and O–H groups in total. The van der Waals surface area contributed by atoms with Crippen molar-refractivity contribution in [1.82, 2.24) is 20.2 Å². The second kappa shape index (κ2) is 11.4. The normalized spacial score (nSPS) is 13.3. The summed E-state index contributed by atoms with van der Waals surface area (Å²) in [4.78, 5) is 30.2. The number of hydrazine groups is 1. The van der Waals surface area contributed by atoms with Crippen LogP contribution in [0.1, 0.15) is 24.3 Å². The van der Waals surface area contributed by atoms with E-state index in [0.29, 0.717) is 48.3 Å². The Hall–Kier alpha value is -4.34. The SMILES string of the molecule is COc1ccc(-c2noc(CCC(=O)N3CCCN3C(=O)/C=C/c3cc(OC)ccc3OC)n2)cc1. The third kappa shape index (κ3) is 5.65. The maximum absolute atomic E-state index is 12.9. The first-order valence-corrected chi connectivity index (χ1v) is 11.5. The van der Waals surface area contributed by atoms with Gasteiger partial charge in [-0.1, -0.05) is 5.16 Å². The van der Waals surface area contributed by atoms with Crippen LogP contribution in [0.4, 0.5) is 0 Å². The Morgan fingerprint density at radius 3 is 2.42 bits per heavy atom. The molecule has 0 bridgehead atoms. The lowest BCUT2D eigenvalue weighted by Gasteiger charge is -2.26. The molecule has 0 saturated carbocycles. The van der Waals surface area contributed by atoms with Gasteiger partial charge < -0.3 is 18.7 Å². The van der Waals surface area contributed by atoms with Gasteiger partial charge in [0.05, 0.1) is 21.3 Å². The predicted molar refractivity (Wildman–Crippen MR) is 131 cm³/mol. The van der Waals surface area contributed by atoms with Crippen molar-refractivity contribution in [3.63, 3.8) is 0 Å². The number of amides is 2. The van der Waals surface area contributed by atoms with E-state index < -0.39 is 0 Å². The number of benzene rings is 2.